The molecular formula is C24H28N4O3. The Kier molecular flexibility index (Phi) is 7.56. The number of hydrogen-bond donors (Lipinski definition) is 1. The van der Waals surface area contributed by atoms with Crippen LogP contribution in [-0.2, 0) is 14.3 Å². The van der Waals surface area contributed by atoms with E-state index >= 15 is 0 Å². The van der Waals surface area contributed by atoms with Gasteiger partial charge in [0.1, 0.15) is 5.82 Å². The van der Waals surface area contributed by atoms with Crippen LogP contribution in [0.15, 0.2) is 60.7 Å². The number of aromatic nitrogens is 2. The van der Waals surface area contributed by atoms with Crippen molar-refractivity contribution in [3.8, 4) is 16.9 Å². The quantitative estimate of drug-likeness (QED) is 0.573. The van der Waals surface area contributed by atoms with E-state index < -0.39 is 0 Å². The molecule has 3 aromatic rings. The number of carbonyl (C=O) groups excluding carboxylic acids is 2. The fourth-order valence-corrected chi connectivity index (χ4v) is 3.18. The van der Waals surface area contributed by atoms with Gasteiger partial charge in [-0.1, -0.05) is 55.0 Å². The van der Waals surface area contributed by atoms with Crippen LogP contribution in [0.25, 0.3) is 16.9 Å². The van der Waals surface area contributed by atoms with Gasteiger partial charge in [0, 0.05) is 31.7 Å². The van der Waals surface area contributed by atoms with Crippen molar-refractivity contribution in [2.75, 3.05) is 32.1 Å². The molecule has 7 heteroatoms. The van der Waals surface area contributed by atoms with E-state index in [1.54, 1.807) is 18.7 Å². The lowest BCUT2D eigenvalue weighted by molar-refractivity contribution is -0.135. The molecule has 0 saturated carbocycles. The fraction of sp³-hybridized carbons (Fsp3) is 0.292. The standard InChI is InChI=1S/C24H28N4O3/c1-4-24(30)27(14-15-31-3)17-23(29)25-22-16-21(19-8-6-5-7-9-19)26-28(22)20-12-10-18(2)11-13-20/h5-13,16H,4,14-15,17H2,1-3H3,(H,25,29). The summed E-state index contributed by atoms with van der Waals surface area (Å²) in [6.07, 6.45) is 0.330. The number of benzene rings is 2. The minimum Gasteiger partial charge on any atom is -0.383 e. The fourth-order valence-electron chi connectivity index (χ4n) is 3.18. The first-order chi connectivity index (χ1) is 15.0. The predicted molar refractivity (Wildman–Crippen MR) is 121 cm³/mol. The Bertz CT molecular complexity index is 1010. The highest BCUT2D eigenvalue weighted by Gasteiger charge is 2.18. The Hall–Kier alpha value is -3.45. The summed E-state index contributed by atoms with van der Waals surface area (Å²) in [5.41, 5.74) is 3.67. The second-order valence-electron chi connectivity index (χ2n) is 7.24. The average molecular weight is 421 g/mol. The number of methoxy groups -OCH3 is 1. The Labute approximate surface area is 182 Å². The maximum Gasteiger partial charge on any atom is 0.245 e. The van der Waals surface area contributed by atoms with E-state index in [-0.39, 0.29) is 18.4 Å². The van der Waals surface area contributed by atoms with Crippen LogP contribution in [0, 0.1) is 6.92 Å². The monoisotopic (exact) mass is 420 g/mol. The molecule has 1 heterocycles. The van der Waals surface area contributed by atoms with Crippen molar-refractivity contribution in [3.63, 3.8) is 0 Å². The molecule has 0 bridgehead atoms. The highest BCUT2D eigenvalue weighted by atomic mass is 16.5. The third kappa shape index (κ3) is 5.79. The summed E-state index contributed by atoms with van der Waals surface area (Å²) in [7, 11) is 1.57. The molecule has 2 amide bonds. The highest BCUT2D eigenvalue weighted by Crippen LogP contribution is 2.25. The van der Waals surface area contributed by atoms with Crippen molar-refractivity contribution in [1.29, 1.82) is 0 Å². The number of hydrogen-bond acceptors (Lipinski definition) is 4. The summed E-state index contributed by atoms with van der Waals surface area (Å²) in [6.45, 7) is 4.49. The summed E-state index contributed by atoms with van der Waals surface area (Å²) in [4.78, 5) is 26.5. The number of aryl methyl sites for hydroxylation is 1. The zero-order valence-corrected chi connectivity index (χ0v) is 18.2. The lowest BCUT2D eigenvalue weighted by atomic mass is 10.1. The van der Waals surface area contributed by atoms with Crippen molar-refractivity contribution in [2.45, 2.75) is 20.3 Å². The molecule has 0 saturated heterocycles. The molecule has 7 nitrogen and oxygen atoms in total. The molecule has 0 radical (unpaired) electrons. The molecule has 0 unspecified atom stereocenters. The van der Waals surface area contributed by atoms with Crippen molar-refractivity contribution < 1.29 is 14.3 Å². The second-order valence-corrected chi connectivity index (χ2v) is 7.24. The Morgan fingerprint density at radius 2 is 1.81 bits per heavy atom. The van der Waals surface area contributed by atoms with Crippen molar-refractivity contribution >= 4 is 17.6 Å². The van der Waals surface area contributed by atoms with Gasteiger partial charge in [-0.15, -0.1) is 0 Å². The van der Waals surface area contributed by atoms with Crippen molar-refractivity contribution in [2.24, 2.45) is 0 Å². The average Bonchev–Trinajstić information content (AvgIpc) is 3.20. The molecule has 0 atom stereocenters. The normalized spacial score (nSPS) is 10.7. The second kappa shape index (κ2) is 10.5. The number of amides is 2. The third-order valence-electron chi connectivity index (χ3n) is 4.88. The van der Waals surface area contributed by atoms with E-state index in [4.69, 9.17) is 9.84 Å². The van der Waals surface area contributed by atoms with Gasteiger partial charge >= 0.3 is 0 Å². The lowest BCUT2D eigenvalue weighted by Gasteiger charge is -2.21. The number of nitrogens with one attached hydrogen (secondary N) is 1. The molecule has 0 fully saturated rings. The summed E-state index contributed by atoms with van der Waals surface area (Å²) >= 11 is 0. The zero-order chi connectivity index (χ0) is 22.2. The molecule has 1 N–H and O–H groups in total. The van der Waals surface area contributed by atoms with E-state index in [0.717, 1.165) is 22.5 Å². The van der Waals surface area contributed by atoms with Gasteiger partial charge in [-0.05, 0) is 19.1 Å². The third-order valence-corrected chi connectivity index (χ3v) is 4.88. The molecule has 0 aliphatic heterocycles. The van der Waals surface area contributed by atoms with Crippen LogP contribution in [0.5, 0.6) is 0 Å². The molecule has 0 aliphatic rings. The summed E-state index contributed by atoms with van der Waals surface area (Å²) in [5, 5.41) is 7.64. The maximum absolute atomic E-state index is 12.8. The molecule has 2 aromatic carbocycles. The topological polar surface area (TPSA) is 76.5 Å². The van der Waals surface area contributed by atoms with E-state index in [2.05, 4.69) is 5.32 Å². The van der Waals surface area contributed by atoms with Gasteiger partial charge in [-0.3, -0.25) is 9.59 Å². The van der Waals surface area contributed by atoms with Crippen LogP contribution < -0.4 is 5.32 Å². The van der Waals surface area contributed by atoms with Gasteiger partial charge in [0.05, 0.1) is 24.5 Å². The molecule has 3 rings (SSSR count). The number of anilines is 1. The van der Waals surface area contributed by atoms with Crippen LogP contribution in [0.1, 0.15) is 18.9 Å². The Balaban J connectivity index is 1.88. The van der Waals surface area contributed by atoms with Gasteiger partial charge in [0.25, 0.3) is 0 Å². The van der Waals surface area contributed by atoms with E-state index in [1.807, 2.05) is 67.6 Å². The zero-order valence-electron chi connectivity index (χ0n) is 18.2. The first-order valence-corrected chi connectivity index (χ1v) is 10.3. The maximum atomic E-state index is 12.8. The van der Waals surface area contributed by atoms with Gasteiger partial charge in [0.2, 0.25) is 11.8 Å². The van der Waals surface area contributed by atoms with Crippen molar-refractivity contribution in [1.82, 2.24) is 14.7 Å². The smallest absolute Gasteiger partial charge is 0.245 e. The molecule has 31 heavy (non-hydrogen) atoms. The minimum absolute atomic E-state index is 0.0459. The van der Waals surface area contributed by atoms with E-state index in [1.165, 1.54) is 4.90 Å². The molecule has 1 aromatic heterocycles. The largest absolute Gasteiger partial charge is 0.383 e. The highest BCUT2D eigenvalue weighted by molar-refractivity contribution is 5.94. The molecule has 0 aliphatic carbocycles. The summed E-state index contributed by atoms with van der Waals surface area (Å²) in [6, 6.07) is 19.5. The van der Waals surface area contributed by atoms with E-state index in [9.17, 15) is 9.59 Å². The molecule has 162 valence electrons. The van der Waals surface area contributed by atoms with Gasteiger partial charge < -0.3 is 15.0 Å². The van der Waals surface area contributed by atoms with Crippen LogP contribution in [0.3, 0.4) is 0 Å². The van der Waals surface area contributed by atoms with Crippen molar-refractivity contribution in [3.05, 3.63) is 66.2 Å². The van der Waals surface area contributed by atoms with Gasteiger partial charge in [0.15, 0.2) is 0 Å². The number of nitrogens with zero attached hydrogens (tertiary/aromatic N) is 3. The van der Waals surface area contributed by atoms with Crippen LogP contribution in [0.4, 0.5) is 5.82 Å². The summed E-state index contributed by atoms with van der Waals surface area (Å²) in [5.74, 6) is 0.165. The Morgan fingerprint density at radius 3 is 2.45 bits per heavy atom. The first-order valence-electron chi connectivity index (χ1n) is 10.3. The van der Waals surface area contributed by atoms with Crippen LogP contribution in [-0.4, -0.2) is 53.3 Å². The molecule has 0 spiro atoms. The number of carbonyl (C=O) groups is 2. The van der Waals surface area contributed by atoms with Crippen LogP contribution >= 0.6 is 0 Å². The SMILES string of the molecule is CCC(=O)N(CCOC)CC(=O)Nc1cc(-c2ccccc2)nn1-c1ccc(C)cc1. The van der Waals surface area contributed by atoms with Crippen LogP contribution in [0.2, 0.25) is 0 Å². The van der Waals surface area contributed by atoms with E-state index in [0.29, 0.717) is 25.4 Å². The number of rotatable bonds is 9. The number of ether oxygens (including phenoxy) is 1. The minimum atomic E-state index is -0.286. The van der Waals surface area contributed by atoms with Gasteiger partial charge in [-0.2, -0.15) is 5.10 Å². The van der Waals surface area contributed by atoms with Gasteiger partial charge in [-0.25, -0.2) is 4.68 Å². The predicted octanol–water partition coefficient (Wildman–Crippen LogP) is 3.67. The summed E-state index contributed by atoms with van der Waals surface area (Å²) < 4.78 is 6.78. The first kappa shape index (κ1) is 22.2. The lowest BCUT2D eigenvalue weighted by Crippen LogP contribution is -2.39. The Morgan fingerprint density at radius 1 is 1.10 bits per heavy atom. The molecular weight excluding hydrogens is 392 g/mol.